The van der Waals surface area contributed by atoms with Gasteiger partial charge in [-0.05, 0) is 31.6 Å². The lowest BCUT2D eigenvalue weighted by molar-refractivity contribution is -0.152. The van der Waals surface area contributed by atoms with Crippen LogP contribution in [0, 0.1) is 5.92 Å². The van der Waals surface area contributed by atoms with Crippen molar-refractivity contribution in [3.63, 3.8) is 0 Å². The second-order valence-electron chi connectivity index (χ2n) is 5.77. The van der Waals surface area contributed by atoms with Crippen LogP contribution in [-0.4, -0.2) is 55.2 Å². The van der Waals surface area contributed by atoms with E-state index in [9.17, 15) is 9.59 Å². The van der Waals surface area contributed by atoms with Gasteiger partial charge in [-0.2, -0.15) is 0 Å². The molecule has 0 aromatic rings. The van der Waals surface area contributed by atoms with Crippen molar-refractivity contribution in [2.75, 3.05) is 26.4 Å². The summed E-state index contributed by atoms with van der Waals surface area (Å²) in [7, 11) is 0. The molecule has 1 aliphatic carbocycles. The fourth-order valence-corrected chi connectivity index (χ4v) is 2.81. The Kier molecular flexibility index (Phi) is 5.37. The van der Waals surface area contributed by atoms with Gasteiger partial charge in [0.2, 0.25) is 11.8 Å². The van der Waals surface area contributed by atoms with Crippen molar-refractivity contribution in [1.29, 1.82) is 0 Å². The Bertz CT molecular complexity index is 353. The van der Waals surface area contributed by atoms with Gasteiger partial charge in [-0.1, -0.05) is 6.92 Å². The van der Waals surface area contributed by atoms with Gasteiger partial charge >= 0.3 is 0 Å². The Hall–Kier alpha value is -1.14. The Morgan fingerprint density at radius 2 is 2.00 bits per heavy atom. The van der Waals surface area contributed by atoms with Gasteiger partial charge in [0.25, 0.3) is 0 Å². The summed E-state index contributed by atoms with van der Waals surface area (Å²) in [6.45, 7) is 3.30. The molecule has 0 bridgehead atoms. The summed E-state index contributed by atoms with van der Waals surface area (Å²) >= 11 is 0. The molecule has 114 valence electrons. The normalized spacial score (nSPS) is 31.1. The number of hydrogen-bond acceptors (Lipinski definition) is 4. The number of primary amides is 1. The summed E-state index contributed by atoms with van der Waals surface area (Å²) < 4.78 is 10.9. The van der Waals surface area contributed by atoms with Crippen LogP contribution in [0.2, 0.25) is 0 Å². The molecule has 1 saturated heterocycles. The maximum atomic E-state index is 12.2. The van der Waals surface area contributed by atoms with Gasteiger partial charge in [-0.15, -0.1) is 0 Å². The van der Waals surface area contributed by atoms with E-state index in [1.165, 1.54) is 4.90 Å². The second-order valence-corrected chi connectivity index (χ2v) is 5.77. The van der Waals surface area contributed by atoms with Crippen LogP contribution in [0.1, 0.15) is 32.6 Å². The van der Waals surface area contributed by atoms with Crippen LogP contribution in [0.4, 0.5) is 0 Å². The highest BCUT2D eigenvalue weighted by molar-refractivity contribution is 5.87. The number of nitrogens with two attached hydrogens (primary N) is 1. The van der Waals surface area contributed by atoms with Crippen LogP contribution in [0.5, 0.6) is 0 Å². The molecular formula is C14H24N2O4. The summed E-state index contributed by atoms with van der Waals surface area (Å²) in [4.78, 5) is 25.0. The second kappa shape index (κ2) is 7.04. The zero-order chi connectivity index (χ0) is 14.5. The highest BCUT2D eigenvalue weighted by Crippen LogP contribution is 2.25. The van der Waals surface area contributed by atoms with Gasteiger partial charge in [0.1, 0.15) is 12.6 Å². The highest BCUT2D eigenvalue weighted by atomic mass is 16.5. The van der Waals surface area contributed by atoms with E-state index in [4.69, 9.17) is 15.2 Å². The van der Waals surface area contributed by atoms with Crippen molar-refractivity contribution in [3.8, 4) is 0 Å². The van der Waals surface area contributed by atoms with Crippen molar-refractivity contribution in [2.24, 2.45) is 11.7 Å². The standard InChI is InChI=1S/C14H24N2O4/c1-10-2-4-11(5-3-10)20-9-13(17)16-6-7-19-8-12(16)14(15)18/h10-12H,2-9H2,1H3,(H2,15,18). The van der Waals surface area contributed by atoms with E-state index in [-0.39, 0.29) is 25.2 Å². The molecule has 2 aliphatic rings. The number of carbonyl (C=O) groups excluding carboxylic acids is 2. The van der Waals surface area contributed by atoms with E-state index in [0.717, 1.165) is 31.6 Å². The molecule has 1 saturated carbocycles. The predicted octanol–water partition coefficient (Wildman–Crippen LogP) is 0.294. The SMILES string of the molecule is CC1CCC(OCC(=O)N2CCOCC2C(N)=O)CC1. The zero-order valence-corrected chi connectivity index (χ0v) is 12.0. The summed E-state index contributed by atoms with van der Waals surface area (Å²) in [6, 6.07) is -0.661. The van der Waals surface area contributed by atoms with Gasteiger partial charge in [-0.25, -0.2) is 0 Å². The summed E-state index contributed by atoms with van der Waals surface area (Å²) in [5.74, 6) is 0.0595. The summed E-state index contributed by atoms with van der Waals surface area (Å²) in [5.41, 5.74) is 5.30. The third-order valence-corrected chi connectivity index (χ3v) is 4.18. The Morgan fingerprint density at radius 3 is 2.65 bits per heavy atom. The molecule has 1 heterocycles. The van der Waals surface area contributed by atoms with Crippen molar-refractivity contribution in [1.82, 2.24) is 4.90 Å². The molecule has 6 nitrogen and oxygen atoms in total. The number of hydrogen-bond donors (Lipinski definition) is 1. The molecule has 2 rings (SSSR count). The number of nitrogens with zero attached hydrogens (tertiary/aromatic N) is 1. The minimum Gasteiger partial charge on any atom is -0.377 e. The molecule has 1 atom stereocenters. The highest BCUT2D eigenvalue weighted by Gasteiger charge is 2.31. The molecule has 0 spiro atoms. The number of rotatable bonds is 4. The third kappa shape index (κ3) is 3.93. The molecule has 1 aliphatic heterocycles. The number of carbonyl (C=O) groups is 2. The van der Waals surface area contributed by atoms with Crippen LogP contribution in [0.3, 0.4) is 0 Å². The van der Waals surface area contributed by atoms with Gasteiger partial charge in [0.15, 0.2) is 0 Å². The zero-order valence-electron chi connectivity index (χ0n) is 12.0. The van der Waals surface area contributed by atoms with E-state index in [2.05, 4.69) is 6.92 Å². The van der Waals surface area contributed by atoms with Gasteiger partial charge in [0.05, 0.1) is 19.3 Å². The van der Waals surface area contributed by atoms with E-state index in [1.54, 1.807) is 0 Å². The quantitative estimate of drug-likeness (QED) is 0.804. The van der Waals surface area contributed by atoms with Crippen LogP contribution in [0.25, 0.3) is 0 Å². The topological polar surface area (TPSA) is 81.9 Å². The van der Waals surface area contributed by atoms with Crippen LogP contribution in [-0.2, 0) is 19.1 Å². The van der Waals surface area contributed by atoms with Crippen LogP contribution >= 0.6 is 0 Å². The van der Waals surface area contributed by atoms with E-state index in [1.807, 2.05) is 0 Å². The van der Waals surface area contributed by atoms with Gasteiger partial charge in [-0.3, -0.25) is 9.59 Å². The molecule has 6 heteroatoms. The maximum Gasteiger partial charge on any atom is 0.249 e. The largest absolute Gasteiger partial charge is 0.377 e. The van der Waals surface area contributed by atoms with Crippen molar-refractivity contribution in [2.45, 2.75) is 44.8 Å². The van der Waals surface area contributed by atoms with E-state index in [0.29, 0.717) is 13.2 Å². The molecule has 0 aromatic heterocycles. The summed E-state index contributed by atoms with van der Waals surface area (Å²) in [6.07, 6.45) is 4.50. The lowest BCUT2D eigenvalue weighted by Crippen LogP contribution is -2.55. The lowest BCUT2D eigenvalue weighted by atomic mass is 9.89. The first kappa shape index (κ1) is 15.3. The van der Waals surface area contributed by atoms with Gasteiger partial charge < -0.3 is 20.1 Å². The van der Waals surface area contributed by atoms with Gasteiger partial charge in [0, 0.05) is 6.54 Å². The molecule has 0 radical (unpaired) electrons. The van der Waals surface area contributed by atoms with E-state index < -0.39 is 11.9 Å². The Morgan fingerprint density at radius 1 is 1.30 bits per heavy atom. The van der Waals surface area contributed by atoms with E-state index >= 15 is 0 Å². The Balaban J connectivity index is 1.79. The van der Waals surface area contributed by atoms with Crippen LogP contribution < -0.4 is 5.73 Å². The summed E-state index contributed by atoms with van der Waals surface area (Å²) in [5, 5.41) is 0. The Labute approximate surface area is 119 Å². The molecular weight excluding hydrogens is 260 g/mol. The monoisotopic (exact) mass is 284 g/mol. The fraction of sp³-hybridized carbons (Fsp3) is 0.857. The smallest absolute Gasteiger partial charge is 0.249 e. The molecule has 2 fully saturated rings. The molecule has 0 aromatic carbocycles. The molecule has 1 unspecified atom stereocenters. The first-order chi connectivity index (χ1) is 9.58. The fourth-order valence-electron chi connectivity index (χ4n) is 2.81. The lowest BCUT2D eigenvalue weighted by Gasteiger charge is -2.34. The van der Waals surface area contributed by atoms with Crippen molar-refractivity contribution in [3.05, 3.63) is 0 Å². The molecule has 2 amide bonds. The molecule has 2 N–H and O–H groups in total. The number of ether oxygens (including phenoxy) is 2. The average Bonchev–Trinajstić information content (AvgIpc) is 2.46. The predicted molar refractivity (Wildman–Crippen MR) is 72.9 cm³/mol. The first-order valence-corrected chi connectivity index (χ1v) is 7.36. The maximum absolute atomic E-state index is 12.2. The number of amides is 2. The van der Waals surface area contributed by atoms with Crippen LogP contribution in [0.15, 0.2) is 0 Å². The van der Waals surface area contributed by atoms with Crippen molar-refractivity contribution < 1.29 is 19.1 Å². The molecule has 20 heavy (non-hydrogen) atoms. The first-order valence-electron chi connectivity index (χ1n) is 7.36. The van der Waals surface area contributed by atoms with Crippen molar-refractivity contribution >= 4 is 11.8 Å². The minimum absolute atomic E-state index is 0.0306. The average molecular weight is 284 g/mol. The minimum atomic E-state index is -0.661. The number of morpholine rings is 1. The third-order valence-electron chi connectivity index (χ3n) is 4.18.